The predicted molar refractivity (Wildman–Crippen MR) is 84.9 cm³/mol. The summed E-state index contributed by atoms with van der Waals surface area (Å²) >= 11 is 5.67. The summed E-state index contributed by atoms with van der Waals surface area (Å²) in [5.74, 6) is -0.355. The number of aromatic nitrogens is 2. The highest BCUT2D eigenvalue weighted by molar-refractivity contribution is 6.29. The van der Waals surface area contributed by atoms with Gasteiger partial charge in [0.25, 0.3) is 5.91 Å². The largest absolute Gasteiger partial charge is 0.347 e. The maximum Gasteiger partial charge on any atom is 0.272 e. The Balaban J connectivity index is 1.77. The van der Waals surface area contributed by atoms with Gasteiger partial charge in [0, 0.05) is 6.42 Å². The van der Waals surface area contributed by atoms with Gasteiger partial charge in [-0.1, -0.05) is 41.9 Å². The van der Waals surface area contributed by atoms with E-state index in [1.807, 2.05) is 30.3 Å². The monoisotopic (exact) mass is 330 g/mol. The predicted octanol–water partition coefficient (Wildman–Crippen LogP) is 1.88. The molecule has 0 bridgehead atoms. The number of benzene rings is 1. The van der Waals surface area contributed by atoms with E-state index in [2.05, 4.69) is 20.8 Å². The molecule has 118 valence electrons. The SMILES string of the molecule is O=C1CC[C@@H](NC(=O)c2ccc(Cl)nn2)[C@H](c2ccccc2)N1. The zero-order valence-corrected chi connectivity index (χ0v) is 13.0. The molecule has 0 radical (unpaired) electrons. The molecule has 2 atom stereocenters. The van der Waals surface area contributed by atoms with Crippen LogP contribution in [0.15, 0.2) is 42.5 Å². The van der Waals surface area contributed by atoms with E-state index in [1.54, 1.807) is 0 Å². The third-order valence-electron chi connectivity index (χ3n) is 3.74. The molecule has 6 nitrogen and oxygen atoms in total. The molecule has 23 heavy (non-hydrogen) atoms. The van der Waals surface area contributed by atoms with Crippen molar-refractivity contribution in [3.05, 3.63) is 58.9 Å². The summed E-state index contributed by atoms with van der Waals surface area (Å²) in [6.07, 6.45) is 0.943. The topological polar surface area (TPSA) is 84.0 Å². The summed E-state index contributed by atoms with van der Waals surface area (Å²) < 4.78 is 0. The first-order valence-corrected chi connectivity index (χ1v) is 7.65. The van der Waals surface area contributed by atoms with E-state index in [9.17, 15) is 9.59 Å². The fourth-order valence-corrected chi connectivity index (χ4v) is 2.71. The van der Waals surface area contributed by atoms with Crippen molar-refractivity contribution in [3.63, 3.8) is 0 Å². The second kappa shape index (κ2) is 6.75. The summed E-state index contributed by atoms with van der Waals surface area (Å²) in [6.45, 7) is 0. The van der Waals surface area contributed by atoms with Crippen molar-refractivity contribution in [2.45, 2.75) is 24.9 Å². The van der Waals surface area contributed by atoms with Gasteiger partial charge in [-0.15, -0.1) is 10.2 Å². The minimum Gasteiger partial charge on any atom is -0.347 e. The highest BCUT2D eigenvalue weighted by Crippen LogP contribution is 2.24. The molecule has 1 saturated heterocycles. The fourth-order valence-electron chi connectivity index (χ4n) is 2.61. The molecule has 0 unspecified atom stereocenters. The number of piperidine rings is 1. The normalized spacial score (nSPS) is 20.7. The molecule has 2 amide bonds. The molecule has 2 heterocycles. The molecule has 0 saturated carbocycles. The summed E-state index contributed by atoms with van der Waals surface area (Å²) in [7, 11) is 0. The standard InChI is InChI=1S/C16H15ClN4O2/c17-13-8-6-12(20-21-13)16(23)18-11-7-9-14(22)19-15(11)10-4-2-1-3-5-10/h1-6,8,11,15H,7,9H2,(H,18,23)(H,19,22)/t11-,15+/m1/s1. The van der Waals surface area contributed by atoms with Crippen LogP contribution in [0.4, 0.5) is 0 Å². The fraction of sp³-hybridized carbons (Fsp3) is 0.250. The molecule has 0 spiro atoms. The molecule has 2 aromatic rings. The Morgan fingerprint density at radius 3 is 2.65 bits per heavy atom. The minimum absolute atomic E-state index is 0.0179. The summed E-state index contributed by atoms with van der Waals surface area (Å²) in [5.41, 5.74) is 1.14. The average molecular weight is 331 g/mol. The average Bonchev–Trinajstić information content (AvgIpc) is 2.58. The van der Waals surface area contributed by atoms with Crippen LogP contribution in [0.5, 0.6) is 0 Å². The van der Waals surface area contributed by atoms with Crippen LogP contribution in [-0.2, 0) is 4.79 Å². The zero-order chi connectivity index (χ0) is 16.2. The number of amides is 2. The van der Waals surface area contributed by atoms with Gasteiger partial charge >= 0.3 is 0 Å². The summed E-state index contributed by atoms with van der Waals surface area (Å²) in [4.78, 5) is 24.0. The van der Waals surface area contributed by atoms with Crippen LogP contribution in [0.3, 0.4) is 0 Å². The second-order valence-corrected chi connectivity index (χ2v) is 5.70. The lowest BCUT2D eigenvalue weighted by Crippen LogP contribution is -2.50. The number of hydrogen-bond donors (Lipinski definition) is 2. The molecule has 1 aliphatic rings. The summed E-state index contributed by atoms with van der Waals surface area (Å²) in [5, 5.41) is 13.5. The Morgan fingerprint density at radius 1 is 1.17 bits per heavy atom. The number of hydrogen-bond acceptors (Lipinski definition) is 4. The van der Waals surface area contributed by atoms with Crippen LogP contribution in [0.1, 0.15) is 34.9 Å². The number of halogens is 1. The van der Waals surface area contributed by atoms with Crippen molar-refractivity contribution in [1.29, 1.82) is 0 Å². The van der Waals surface area contributed by atoms with Gasteiger partial charge < -0.3 is 10.6 Å². The molecule has 3 rings (SSSR count). The van der Waals surface area contributed by atoms with Gasteiger partial charge in [-0.25, -0.2) is 0 Å². The highest BCUT2D eigenvalue weighted by Gasteiger charge is 2.31. The first-order chi connectivity index (χ1) is 11.1. The lowest BCUT2D eigenvalue weighted by Gasteiger charge is -2.33. The third kappa shape index (κ3) is 3.65. The lowest BCUT2D eigenvalue weighted by molar-refractivity contribution is -0.123. The Labute approximate surface area is 138 Å². The van der Waals surface area contributed by atoms with Gasteiger partial charge in [0.2, 0.25) is 5.91 Å². The Hall–Kier alpha value is -2.47. The minimum atomic E-state index is -0.337. The zero-order valence-electron chi connectivity index (χ0n) is 12.2. The number of rotatable bonds is 3. The molecule has 0 aliphatic carbocycles. The lowest BCUT2D eigenvalue weighted by atomic mass is 9.92. The quantitative estimate of drug-likeness (QED) is 0.900. The molecule has 7 heteroatoms. The highest BCUT2D eigenvalue weighted by atomic mass is 35.5. The van der Waals surface area contributed by atoms with Crippen LogP contribution in [0.2, 0.25) is 5.15 Å². The van der Waals surface area contributed by atoms with Crippen molar-refractivity contribution < 1.29 is 9.59 Å². The van der Waals surface area contributed by atoms with Crippen molar-refractivity contribution >= 4 is 23.4 Å². The van der Waals surface area contributed by atoms with Crippen molar-refractivity contribution in [1.82, 2.24) is 20.8 Å². The van der Waals surface area contributed by atoms with Crippen LogP contribution < -0.4 is 10.6 Å². The summed E-state index contributed by atoms with van der Waals surface area (Å²) in [6, 6.07) is 12.1. The van der Waals surface area contributed by atoms with E-state index in [1.165, 1.54) is 12.1 Å². The Bertz CT molecular complexity index is 706. The Morgan fingerprint density at radius 2 is 1.96 bits per heavy atom. The van der Waals surface area contributed by atoms with E-state index < -0.39 is 0 Å². The maximum atomic E-state index is 12.3. The second-order valence-electron chi connectivity index (χ2n) is 5.32. The molecular formula is C16H15ClN4O2. The molecule has 1 aliphatic heterocycles. The first kappa shape index (κ1) is 15.4. The Kier molecular flexibility index (Phi) is 4.52. The molecule has 1 fully saturated rings. The van der Waals surface area contributed by atoms with Crippen LogP contribution in [0.25, 0.3) is 0 Å². The third-order valence-corrected chi connectivity index (χ3v) is 3.94. The first-order valence-electron chi connectivity index (χ1n) is 7.28. The van der Waals surface area contributed by atoms with Gasteiger partial charge in [-0.3, -0.25) is 9.59 Å². The smallest absolute Gasteiger partial charge is 0.272 e. The van der Waals surface area contributed by atoms with E-state index in [0.717, 1.165) is 5.56 Å². The number of nitrogens with one attached hydrogen (secondary N) is 2. The molecule has 1 aromatic heterocycles. The van der Waals surface area contributed by atoms with Crippen LogP contribution >= 0.6 is 11.6 Å². The molecular weight excluding hydrogens is 316 g/mol. The van der Waals surface area contributed by atoms with Gasteiger partial charge in [0.15, 0.2) is 10.8 Å². The van der Waals surface area contributed by atoms with E-state index >= 15 is 0 Å². The van der Waals surface area contributed by atoms with Crippen molar-refractivity contribution in [2.24, 2.45) is 0 Å². The molecule has 2 N–H and O–H groups in total. The van der Waals surface area contributed by atoms with Gasteiger partial charge in [0.1, 0.15) is 0 Å². The number of nitrogens with zero attached hydrogens (tertiary/aromatic N) is 2. The van der Waals surface area contributed by atoms with Crippen molar-refractivity contribution in [3.8, 4) is 0 Å². The number of carbonyl (C=O) groups is 2. The maximum absolute atomic E-state index is 12.3. The van der Waals surface area contributed by atoms with Crippen LogP contribution in [0, 0.1) is 0 Å². The molecule has 1 aromatic carbocycles. The van der Waals surface area contributed by atoms with Gasteiger partial charge in [0.05, 0.1) is 12.1 Å². The number of carbonyl (C=O) groups excluding carboxylic acids is 2. The van der Waals surface area contributed by atoms with E-state index in [0.29, 0.717) is 12.8 Å². The van der Waals surface area contributed by atoms with E-state index in [4.69, 9.17) is 11.6 Å². The van der Waals surface area contributed by atoms with Crippen LogP contribution in [-0.4, -0.2) is 28.1 Å². The van der Waals surface area contributed by atoms with E-state index in [-0.39, 0.29) is 34.7 Å². The van der Waals surface area contributed by atoms with Gasteiger partial charge in [-0.2, -0.15) is 0 Å². The van der Waals surface area contributed by atoms with Crippen molar-refractivity contribution in [2.75, 3.05) is 0 Å². The van der Waals surface area contributed by atoms with Gasteiger partial charge in [-0.05, 0) is 24.1 Å².